The minimum atomic E-state index is 0.221. The molecule has 0 bridgehead atoms. The van der Waals surface area contributed by atoms with Crippen LogP contribution in [0.25, 0.3) is 0 Å². The number of hydrogen-bond donors (Lipinski definition) is 2. The van der Waals surface area contributed by atoms with E-state index in [0.29, 0.717) is 5.92 Å². The molecule has 1 aromatic rings. The van der Waals surface area contributed by atoms with Crippen LogP contribution < -0.4 is 10.6 Å². The van der Waals surface area contributed by atoms with Crippen molar-refractivity contribution in [3.8, 4) is 0 Å². The number of benzene rings is 1. The summed E-state index contributed by atoms with van der Waals surface area (Å²) < 4.78 is 0. The predicted octanol–water partition coefficient (Wildman–Crippen LogP) is 3.16. The van der Waals surface area contributed by atoms with E-state index in [2.05, 4.69) is 68.7 Å². The minimum absolute atomic E-state index is 0.221. The topological polar surface area (TPSA) is 24.1 Å². The van der Waals surface area contributed by atoms with Gasteiger partial charge in [0.05, 0.1) is 0 Å². The van der Waals surface area contributed by atoms with Gasteiger partial charge >= 0.3 is 0 Å². The number of nitrogens with one attached hydrogen (secondary N) is 2. The molecule has 0 heterocycles. The summed E-state index contributed by atoms with van der Waals surface area (Å²) in [6.07, 6.45) is 1.19. The van der Waals surface area contributed by atoms with E-state index in [1.54, 1.807) is 0 Å². The third-order valence-corrected chi connectivity index (χ3v) is 3.08. The van der Waals surface area contributed by atoms with Gasteiger partial charge in [-0.2, -0.15) is 0 Å². The van der Waals surface area contributed by atoms with E-state index in [9.17, 15) is 0 Å². The molecule has 0 aliphatic carbocycles. The van der Waals surface area contributed by atoms with E-state index < -0.39 is 0 Å². The third kappa shape index (κ3) is 6.77. The molecule has 2 nitrogen and oxygen atoms in total. The van der Waals surface area contributed by atoms with Crippen molar-refractivity contribution in [3.05, 3.63) is 35.9 Å². The Hall–Kier alpha value is -0.860. The highest BCUT2D eigenvalue weighted by molar-refractivity contribution is 5.18. The Kier molecular flexibility index (Phi) is 6.37. The van der Waals surface area contributed by atoms with Gasteiger partial charge in [-0.3, -0.25) is 0 Å². The average Bonchev–Trinajstić information content (AvgIpc) is 2.33. The van der Waals surface area contributed by atoms with Crippen LogP contribution in [0, 0.1) is 0 Å². The molecule has 0 saturated carbocycles. The van der Waals surface area contributed by atoms with Crippen molar-refractivity contribution >= 4 is 0 Å². The zero-order chi connectivity index (χ0) is 13.4. The van der Waals surface area contributed by atoms with Gasteiger partial charge in [-0.15, -0.1) is 0 Å². The molecule has 0 aliphatic heterocycles. The molecule has 2 heteroatoms. The van der Waals surface area contributed by atoms with Crippen molar-refractivity contribution in [3.63, 3.8) is 0 Å². The lowest BCUT2D eigenvalue weighted by Crippen LogP contribution is -2.40. The van der Waals surface area contributed by atoms with Crippen LogP contribution >= 0.6 is 0 Å². The maximum atomic E-state index is 3.50. The molecule has 0 aromatic heterocycles. The van der Waals surface area contributed by atoms with Crippen LogP contribution in [0.4, 0.5) is 0 Å². The Labute approximate surface area is 112 Å². The summed E-state index contributed by atoms with van der Waals surface area (Å²) in [6.45, 7) is 12.0. The van der Waals surface area contributed by atoms with Crippen LogP contribution in [0.5, 0.6) is 0 Å². The van der Waals surface area contributed by atoms with Gasteiger partial charge in [0, 0.05) is 18.6 Å². The zero-order valence-electron chi connectivity index (χ0n) is 12.3. The fraction of sp³-hybridized carbons (Fsp3) is 0.625. The summed E-state index contributed by atoms with van der Waals surface area (Å²) in [5.41, 5.74) is 1.66. The van der Waals surface area contributed by atoms with Crippen LogP contribution in [0.3, 0.4) is 0 Å². The Balaban J connectivity index is 2.08. The fourth-order valence-electron chi connectivity index (χ4n) is 1.92. The van der Waals surface area contributed by atoms with Crippen LogP contribution in [0.2, 0.25) is 0 Å². The fourth-order valence-corrected chi connectivity index (χ4v) is 1.92. The highest BCUT2D eigenvalue weighted by atomic mass is 15.0. The second-order valence-electron chi connectivity index (χ2n) is 6.03. The average molecular weight is 248 g/mol. The van der Waals surface area contributed by atoms with Crippen molar-refractivity contribution in [2.45, 2.75) is 45.6 Å². The van der Waals surface area contributed by atoms with Crippen LogP contribution in [0.15, 0.2) is 30.3 Å². The molecule has 0 saturated heterocycles. The Bertz CT molecular complexity index is 314. The minimum Gasteiger partial charge on any atom is -0.315 e. The molecular weight excluding hydrogens is 220 g/mol. The Morgan fingerprint density at radius 3 is 2.28 bits per heavy atom. The maximum absolute atomic E-state index is 3.50. The van der Waals surface area contributed by atoms with E-state index in [1.807, 2.05) is 0 Å². The normalized spacial score (nSPS) is 13.6. The molecule has 0 amide bonds. The first kappa shape index (κ1) is 15.2. The molecule has 1 unspecified atom stereocenters. The second-order valence-corrected chi connectivity index (χ2v) is 6.03. The van der Waals surface area contributed by atoms with Gasteiger partial charge in [0.15, 0.2) is 0 Å². The van der Waals surface area contributed by atoms with E-state index >= 15 is 0 Å². The summed E-state index contributed by atoms with van der Waals surface area (Å²) in [7, 11) is 0. The quantitative estimate of drug-likeness (QED) is 0.724. The molecule has 2 N–H and O–H groups in total. The van der Waals surface area contributed by atoms with Crippen molar-refractivity contribution in [1.29, 1.82) is 0 Å². The summed E-state index contributed by atoms with van der Waals surface area (Å²) >= 11 is 0. The molecular formula is C16H28N2. The summed E-state index contributed by atoms with van der Waals surface area (Å²) in [5.74, 6) is 0.634. The highest BCUT2D eigenvalue weighted by Crippen LogP contribution is 2.17. The number of hydrogen-bond acceptors (Lipinski definition) is 2. The first-order chi connectivity index (χ1) is 8.49. The molecule has 0 fully saturated rings. The van der Waals surface area contributed by atoms with Crippen molar-refractivity contribution in [2.24, 2.45) is 0 Å². The third-order valence-electron chi connectivity index (χ3n) is 3.08. The van der Waals surface area contributed by atoms with E-state index in [0.717, 1.165) is 19.6 Å². The molecule has 18 heavy (non-hydrogen) atoms. The molecule has 1 atom stereocenters. The molecule has 1 rings (SSSR count). The van der Waals surface area contributed by atoms with Gasteiger partial charge in [0.25, 0.3) is 0 Å². The zero-order valence-corrected chi connectivity index (χ0v) is 12.3. The smallest absolute Gasteiger partial charge is 0.00970 e. The van der Waals surface area contributed by atoms with Crippen molar-refractivity contribution in [2.75, 3.05) is 19.6 Å². The van der Waals surface area contributed by atoms with Crippen LogP contribution in [0.1, 0.15) is 45.6 Å². The van der Waals surface area contributed by atoms with E-state index in [4.69, 9.17) is 0 Å². The second kappa shape index (κ2) is 7.55. The first-order valence-corrected chi connectivity index (χ1v) is 7.00. The van der Waals surface area contributed by atoms with E-state index in [-0.39, 0.29) is 5.54 Å². The van der Waals surface area contributed by atoms with Crippen molar-refractivity contribution < 1.29 is 0 Å². The van der Waals surface area contributed by atoms with Gasteiger partial charge in [-0.05, 0) is 45.2 Å². The SMILES string of the molecule is CC(CCNCCNC(C)(C)C)c1ccccc1. The van der Waals surface area contributed by atoms with Crippen molar-refractivity contribution in [1.82, 2.24) is 10.6 Å². The van der Waals surface area contributed by atoms with Gasteiger partial charge in [0.2, 0.25) is 0 Å². The standard InChI is InChI=1S/C16H28N2/c1-14(15-8-6-5-7-9-15)10-11-17-12-13-18-16(2,3)4/h5-9,14,17-18H,10-13H2,1-4H3. The summed E-state index contributed by atoms with van der Waals surface area (Å²) in [6, 6.07) is 10.7. The Morgan fingerprint density at radius 2 is 1.67 bits per heavy atom. The van der Waals surface area contributed by atoms with Crippen LogP contribution in [-0.2, 0) is 0 Å². The number of rotatable bonds is 7. The van der Waals surface area contributed by atoms with Gasteiger partial charge in [0.1, 0.15) is 0 Å². The summed E-state index contributed by atoms with van der Waals surface area (Å²) in [4.78, 5) is 0. The lowest BCUT2D eigenvalue weighted by atomic mass is 9.98. The molecule has 0 spiro atoms. The molecule has 0 aliphatic rings. The first-order valence-electron chi connectivity index (χ1n) is 7.00. The van der Waals surface area contributed by atoms with E-state index in [1.165, 1.54) is 12.0 Å². The monoisotopic (exact) mass is 248 g/mol. The van der Waals surface area contributed by atoms with Crippen LogP contribution in [-0.4, -0.2) is 25.2 Å². The lowest BCUT2D eigenvalue weighted by molar-refractivity contribution is 0.420. The largest absolute Gasteiger partial charge is 0.315 e. The Morgan fingerprint density at radius 1 is 1.00 bits per heavy atom. The maximum Gasteiger partial charge on any atom is 0.00970 e. The van der Waals surface area contributed by atoms with Gasteiger partial charge < -0.3 is 10.6 Å². The van der Waals surface area contributed by atoms with Gasteiger partial charge in [-0.25, -0.2) is 0 Å². The highest BCUT2D eigenvalue weighted by Gasteiger charge is 2.07. The summed E-state index contributed by atoms with van der Waals surface area (Å²) in [5, 5.41) is 6.98. The molecule has 0 radical (unpaired) electrons. The predicted molar refractivity (Wildman–Crippen MR) is 80.1 cm³/mol. The lowest BCUT2D eigenvalue weighted by Gasteiger charge is -2.20. The van der Waals surface area contributed by atoms with Gasteiger partial charge in [-0.1, -0.05) is 37.3 Å². The molecule has 1 aromatic carbocycles. The molecule has 102 valence electrons.